The molecule has 1 amide bonds. The van der Waals surface area contributed by atoms with Gasteiger partial charge in [-0.1, -0.05) is 18.2 Å². The van der Waals surface area contributed by atoms with Gasteiger partial charge in [0, 0.05) is 42.5 Å². The summed E-state index contributed by atoms with van der Waals surface area (Å²) in [5.74, 6) is 0.0335. The van der Waals surface area contributed by atoms with E-state index in [-0.39, 0.29) is 11.9 Å². The van der Waals surface area contributed by atoms with Crippen LogP contribution >= 0.6 is 15.9 Å². The summed E-state index contributed by atoms with van der Waals surface area (Å²) >= 11 is 3.43. The monoisotopic (exact) mass is 347 g/mol. The van der Waals surface area contributed by atoms with Gasteiger partial charge in [-0.25, -0.2) is 0 Å². The van der Waals surface area contributed by atoms with Gasteiger partial charge in [0.05, 0.1) is 0 Å². The summed E-state index contributed by atoms with van der Waals surface area (Å²) in [6.07, 6.45) is 1.90. The molecule has 2 aromatic rings. The predicted octanol–water partition coefficient (Wildman–Crippen LogP) is 2.93. The Labute approximate surface area is 132 Å². The van der Waals surface area contributed by atoms with Gasteiger partial charge in [-0.2, -0.15) is 0 Å². The highest BCUT2D eigenvalue weighted by molar-refractivity contribution is 9.10. The van der Waals surface area contributed by atoms with Gasteiger partial charge >= 0.3 is 0 Å². The second kappa shape index (κ2) is 5.66. The molecule has 0 radical (unpaired) electrons. The van der Waals surface area contributed by atoms with Gasteiger partial charge in [0.15, 0.2) is 0 Å². The number of para-hydroxylation sites is 1. The quantitative estimate of drug-likeness (QED) is 0.861. The minimum Gasteiger partial charge on any atom is -0.345 e. The van der Waals surface area contributed by atoms with Crippen molar-refractivity contribution in [2.75, 3.05) is 11.4 Å². The molecule has 1 unspecified atom stereocenters. The number of carbonyl (C=O) groups excluding carboxylic acids is 1. The van der Waals surface area contributed by atoms with E-state index >= 15 is 0 Å². The average molecular weight is 348 g/mol. The molecule has 1 atom stereocenters. The number of nitrogens with one attached hydrogen (secondary N) is 1. The summed E-state index contributed by atoms with van der Waals surface area (Å²) in [4.78, 5) is 14.8. The Hall–Kier alpha value is -1.59. The first-order chi connectivity index (χ1) is 10.1. The van der Waals surface area contributed by atoms with E-state index in [2.05, 4.69) is 34.2 Å². The van der Waals surface area contributed by atoms with E-state index in [9.17, 15) is 4.79 Å². The molecular formula is C16H18BrN3O. The van der Waals surface area contributed by atoms with E-state index in [1.54, 1.807) is 0 Å². The Morgan fingerprint density at radius 1 is 1.38 bits per heavy atom. The summed E-state index contributed by atoms with van der Waals surface area (Å²) in [5, 5.41) is 3.45. The third-order valence-corrected chi connectivity index (χ3v) is 4.25. The van der Waals surface area contributed by atoms with E-state index in [1.807, 2.05) is 47.0 Å². The van der Waals surface area contributed by atoms with E-state index in [0.29, 0.717) is 12.2 Å². The van der Waals surface area contributed by atoms with Crippen LogP contribution in [0.25, 0.3) is 0 Å². The maximum Gasteiger partial charge on any atom is 0.274 e. The Balaban J connectivity index is 2.03. The third kappa shape index (κ3) is 2.76. The maximum absolute atomic E-state index is 13.0. The number of aromatic nitrogens is 1. The number of aryl methyl sites for hydroxylation is 1. The molecule has 1 N–H and O–H groups in total. The Bertz CT molecular complexity index is 680. The minimum absolute atomic E-state index is 0.0335. The van der Waals surface area contributed by atoms with Crippen molar-refractivity contribution < 1.29 is 4.79 Å². The van der Waals surface area contributed by atoms with Gasteiger partial charge in [-0.3, -0.25) is 4.79 Å². The summed E-state index contributed by atoms with van der Waals surface area (Å²) < 4.78 is 2.78. The number of benzene rings is 1. The van der Waals surface area contributed by atoms with Crippen LogP contribution in [0, 0.1) is 0 Å². The molecule has 0 aliphatic carbocycles. The highest BCUT2D eigenvalue weighted by atomic mass is 79.9. The second-order valence-corrected chi connectivity index (χ2v) is 6.40. The van der Waals surface area contributed by atoms with Crippen molar-refractivity contribution in [3.8, 4) is 0 Å². The topological polar surface area (TPSA) is 37.3 Å². The number of carbonyl (C=O) groups is 1. The van der Waals surface area contributed by atoms with Crippen LogP contribution in [0.15, 0.2) is 41.0 Å². The lowest BCUT2D eigenvalue weighted by Crippen LogP contribution is -2.40. The lowest BCUT2D eigenvalue weighted by molar-refractivity contribution is 0.0977. The minimum atomic E-state index is 0.0335. The molecular weight excluding hydrogens is 330 g/mol. The summed E-state index contributed by atoms with van der Waals surface area (Å²) in [7, 11) is 1.89. The third-order valence-electron chi connectivity index (χ3n) is 3.82. The zero-order chi connectivity index (χ0) is 15.0. The molecule has 21 heavy (non-hydrogen) atoms. The van der Waals surface area contributed by atoms with Gasteiger partial charge < -0.3 is 14.8 Å². The van der Waals surface area contributed by atoms with Crippen molar-refractivity contribution in [3.05, 3.63) is 52.3 Å². The molecule has 0 bridgehead atoms. The van der Waals surface area contributed by atoms with Gasteiger partial charge in [-0.15, -0.1) is 0 Å². The van der Waals surface area contributed by atoms with Gasteiger partial charge in [0.25, 0.3) is 5.91 Å². The summed E-state index contributed by atoms with van der Waals surface area (Å²) in [6, 6.07) is 10.2. The summed E-state index contributed by atoms with van der Waals surface area (Å²) in [6.45, 7) is 3.56. The Morgan fingerprint density at radius 2 is 2.14 bits per heavy atom. The predicted molar refractivity (Wildman–Crippen MR) is 87.5 cm³/mol. The standard InChI is InChI=1S/C16H18BrN3O/c1-11-9-20(14-6-4-3-5-12(14)8-18-11)16(21)15-7-13(17)10-19(15)2/h3-7,10-11,18H,8-9H2,1-2H3. The van der Waals surface area contributed by atoms with Gasteiger partial charge in [0.1, 0.15) is 5.69 Å². The van der Waals surface area contributed by atoms with Crippen molar-refractivity contribution in [2.45, 2.75) is 19.5 Å². The van der Waals surface area contributed by atoms with Crippen LogP contribution in [0.5, 0.6) is 0 Å². The maximum atomic E-state index is 13.0. The number of rotatable bonds is 1. The Morgan fingerprint density at radius 3 is 2.86 bits per heavy atom. The van der Waals surface area contributed by atoms with Crippen LogP contribution in [0.3, 0.4) is 0 Å². The molecule has 1 aromatic heterocycles. The van der Waals surface area contributed by atoms with Crippen molar-refractivity contribution >= 4 is 27.5 Å². The van der Waals surface area contributed by atoms with Crippen molar-refractivity contribution in [1.29, 1.82) is 0 Å². The number of nitrogens with zero attached hydrogens (tertiary/aromatic N) is 2. The molecule has 2 heterocycles. The molecule has 0 fully saturated rings. The smallest absolute Gasteiger partial charge is 0.274 e. The van der Waals surface area contributed by atoms with Crippen LogP contribution in [0.2, 0.25) is 0 Å². The van der Waals surface area contributed by atoms with Crippen LogP contribution in [0.4, 0.5) is 5.69 Å². The fourth-order valence-electron chi connectivity index (χ4n) is 2.71. The number of hydrogen-bond acceptors (Lipinski definition) is 2. The first kappa shape index (κ1) is 14.4. The fraction of sp³-hybridized carbons (Fsp3) is 0.312. The van der Waals surface area contributed by atoms with Crippen molar-refractivity contribution in [3.63, 3.8) is 0 Å². The number of fused-ring (bicyclic) bond motifs is 1. The SMILES string of the molecule is CC1CN(C(=O)c2cc(Br)cn2C)c2ccccc2CN1. The van der Waals surface area contributed by atoms with Gasteiger partial charge in [-0.05, 0) is 40.5 Å². The van der Waals surface area contributed by atoms with E-state index in [0.717, 1.165) is 22.3 Å². The average Bonchev–Trinajstić information content (AvgIpc) is 2.71. The molecule has 1 aromatic carbocycles. The highest BCUT2D eigenvalue weighted by Gasteiger charge is 2.26. The number of anilines is 1. The number of amides is 1. The van der Waals surface area contributed by atoms with E-state index in [4.69, 9.17) is 0 Å². The molecule has 1 aliphatic heterocycles. The lowest BCUT2D eigenvalue weighted by Gasteiger charge is -2.24. The molecule has 0 saturated carbocycles. The molecule has 3 rings (SSSR count). The lowest BCUT2D eigenvalue weighted by atomic mass is 10.1. The molecule has 0 spiro atoms. The fourth-order valence-corrected chi connectivity index (χ4v) is 3.24. The second-order valence-electron chi connectivity index (χ2n) is 5.48. The van der Waals surface area contributed by atoms with Crippen molar-refractivity contribution in [1.82, 2.24) is 9.88 Å². The summed E-state index contributed by atoms with van der Waals surface area (Å²) in [5.41, 5.74) is 2.84. The van der Waals surface area contributed by atoms with E-state index < -0.39 is 0 Å². The van der Waals surface area contributed by atoms with Crippen LogP contribution in [0.1, 0.15) is 23.0 Å². The molecule has 1 aliphatic rings. The van der Waals surface area contributed by atoms with Crippen LogP contribution in [-0.4, -0.2) is 23.1 Å². The van der Waals surface area contributed by atoms with Crippen LogP contribution in [-0.2, 0) is 13.6 Å². The van der Waals surface area contributed by atoms with Crippen molar-refractivity contribution in [2.24, 2.45) is 7.05 Å². The molecule has 4 nitrogen and oxygen atoms in total. The van der Waals surface area contributed by atoms with E-state index in [1.165, 1.54) is 0 Å². The normalized spacial score (nSPS) is 18.2. The number of hydrogen-bond donors (Lipinski definition) is 1. The molecule has 5 heteroatoms. The number of halogens is 1. The van der Waals surface area contributed by atoms with Crippen LogP contribution < -0.4 is 10.2 Å². The van der Waals surface area contributed by atoms with Gasteiger partial charge in [0.2, 0.25) is 0 Å². The first-order valence-corrected chi connectivity index (χ1v) is 7.80. The first-order valence-electron chi connectivity index (χ1n) is 7.01. The molecule has 110 valence electrons. The zero-order valence-corrected chi connectivity index (χ0v) is 13.7. The molecule has 0 saturated heterocycles. The largest absolute Gasteiger partial charge is 0.345 e. The Kier molecular flexibility index (Phi) is 3.87. The zero-order valence-electron chi connectivity index (χ0n) is 12.1. The highest BCUT2D eigenvalue weighted by Crippen LogP contribution is 2.26.